The average molecular weight is 421 g/mol. The molecule has 4 rings (SSSR count). The van der Waals surface area contributed by atoms with Crippen molar-refractivity contribution in [1.29, 1.82) is 0 Å². The quantitative estimate of drug-likeness (QED) is 0.794. The lowest BCUT2D eigenvalue weighted by atomic mass is 9.98. The van der Waals surface area contributed by atoms with E-state index in [-0.39, 0.29) is 30.4 Å². The Morgan fingerprint density at radius 1 is 1.34 bits per heavy atom. The van der Waals surface area contributed by atoms with Crippen LogP contribution in [-0.4, -0.2) is 65.7 Å². The summed E-state index contributed by atoms with van der Waals surface area (Å²) < 4.78 is 5.59. The summed E-state index contributed by atoms with van der Waals surface area (Å²) in [6.07, 6.45) is 1.88. The van der Waals surface area contributed by atoms with Gasteiger partial charge < -0.3 is 20.1 Å². The molecule has 0 aliphatic carbocycles. The highest BCUT2D eigenvalue weighted by Gasteiger charge is 2.31. The molecule has 2 fully saturated rings. The summed E-state index contributed by atoms with van der Waals surface area (Å²) in [4.78, 5) is 21.4. The fourth-order valence-corrected chi connectivity index (χ4v) is 3.93. The highest BCUT2D eigenvalue weighted by atomic mass is 35.5. The van der Waals surface area contributed by atoms with E-state index in [9.17, 15) is 4.79 Å². The van der Waals surface area contributed by atoms with E-state index in [0.717, 1.165) is 56.1 Å². The Kier molecular flexibility index (Phi) is 7.10. The fraction of sp³-hybridized carbons (Fsp3) is 0.550. The van der Waals surface area contributed by atoms with Gasteiger partial charge in [0, 0.05) is 38.4 Å². The van der Waals surface area contributed by atoms with Gasteiger partial charge in [0.15, 0.2) is 5.82 Å². The lowest BCUT2D eigenvalue weighted by molar-refractivity contribution is 0.182. The van der Waals surface area contributed by atoms with Crippen molar-refractivity contribution < 1.29 is 9.32 Å². The second kappa shape index (κ2) is 9.56. The predicted octanol–water partition coefficient (Wildman–Crippen LogP) is 2.79. The molecular weight excluding hydrogens is 392 g/mol. The number of aromatic nitrogens is 2. The van der Waals surface area contributed by atoms with Gasteiger partial charge in [-0.05, 0) is 44.5 Å². The van der Waals surface area contributed by atoms with Crippen molar-refractivity contribution in [3.63, 3.8) is 0 Å². The van der Waals surface area contributed by atoms with Crippen LogP contribution in [0.5, 0.6) is 0 Å². The van der Waals surface area contributed by atoms with Gasteiger partial charge in [0.25, 0.3) is 0 Å². The van der Waals surface area contributed by atoms with E-state index < -0.39 is 0 Å². The molecule has 2 atom stereocenters. The maximum absolute atomic E-state index is 12.7. The first kappa shape index (κ1) is 21.5. The van der Waals surface area contributed by atoms with Crippen molar-refractivity contribution in [1.82, 2.24) is 25.3 Å². The number of piperazine rings is 1. The number of hydrogen-bond acceptors (Lipinski definition) is 6. The lowest BCUT2D eigenvalue weighted by Gasteiger charge is -2.31. The van der Waals surface area contributed by atoms with Crippen molar-refractivity contribution in [2.45, 2.75) is 31.7 Å². The molecule has 2 unspecified atom stereocenters. The number of aryl methyl sites for hydroxylation is 1. The number of rotatable bonds is 3. The monoisotopic (exact) mass is 420 g/mol. The van der Waals surface area contributed by atoms with Crippen LogP contribution in [0.4, 0.5) is 10.5 Å². The normalized spacial score (nSPS) is 22.8. The van der Waals surface area contributed by atoms with E-state index >= 15 is 0 Å². The second-order valence-corrected chi connectivity index (χ2v) is 7.78. The predicted molar refractivity (Wildman–Crippen MR) is 114 cm³/mol. The summed E-state index contributed by atoms with van der Waals surface area (Å²) in [6.45, 7) is 6.11. The molecule has 3 heterocycles. The van der Waals surface area contributed by atoms with Crippen molar-refractivity contribution in [3.8, 4) is 0 Å². The van der Waals surface area contributed by atoms with Crippen molar-refractivity contribution in [2.24, 2.45) is 0 Å². The molecule has 0 radical (unpaired) electrons. The highest BCUT2D eigenvalue weighted by Crippen LogP contribution is 2.28. The molecule has 2 aliphatic heterocycles. The van der Waals surface area contributed by atoms with Crippen LogP contribution >= 0.6 is 12.4 Å². The van der Waals surface area contributed by atoms with Crippen LogP contribution in [0.1, 0.15) is 42.1 Å². The van der Waals surface area contributed by atoms with Crippen LogP contribution in [0.15, 0.2) is 28.8 Å². The average Bonchev–Trinajstić information content (AvgIpc) is 3.18. The number of nitrogens with zero attached hydrogens (tertiary/aromatic N) is 4. The number of benzene rings is 1. The van der Waals surface area contributed by atoms with E-state index in [2.05, 4.69) is 32.7 Å². The molecule has 0 spiro atoms. The smallest absolute Gasteiger partial charge is 0.321 e. The molecule has 8 nitrogen and oxygen atoms in total. The maximum Gasteiger partial charge on any atom is 0.321 e. The van der Waals surface area contributed by atoms with Crippen LogP contribution < -0.4 is 10.6 Å². The molecule has 1 aromatic heterocycles. The number of hydrogen-bond donors (Lipinski definition) is 2. The molecule has 9 heteroatoms. The number of carbonyl (C=O) groups excluding carboxylic acids is 1. The van der Waals surface area contributed by atoms with Gasteiger partial charge in [0.2, 0.25) is 5.89 Å². The first-order chi connectivity index (χ1) is 13.6. The van der Waals surface area contributed by atoms with Gasteiger partial charge in [-0.3, -0.25) is 4.90 Å². The Bertz CT molecular complexity index is 829. The van der Waals surface area contributed by atoms with Gasteiger partial charge in [0.1, 0.15) is 0 Å². The standard InChI is InChI=1S/C20H28N6O2.ClH/c1-14-5-3-7-16(11-14)22-20(27)26-9-4-6-15(13-26)19-23-18(24-28-19)17-12-21-8-10-25(17)2;/h3,5,7,11,15,17,21H,4,6,8-10,12-13H2,1-2H3,(H,22,27);1H. The van der Waals surface area contributed by atoms with Crippen LogP contribution in [0.3, 0.4) is 0 Å². The van der Waals surface area contributed by atoms with Crippen LogP contribution in [0.2, 0.25) is 0 Å². The zero-order valence-corrected chi connectivity index (χ0v) is 17.7. The molecule has 2 aromatic rings. The van der Waals surface area contributed by atoms with Crippen LogP contribution in [0.25, 0.3) is 0 Å². The molecule has 2 aliphatic rings. The zero-order valence-electron chi connectivity index (χ0n) is 16.9. The van der Waals surface area contributed by atoms with Gasteiger partial charge in [-0.15, -0.1) is 12.4 Å². The summed E-state index contributed by atoms with van der Waals surface area (Å²) in [5.74, 6) is 1.45. The minimum Gasteiger partial charge on any atom is -0.339 e. The summed E-state index contributed by atoms with van der Waals surface area (Å²) in [7, 11) is 2.08. The Hall–Kier alpha value is -2.16. The number of amides is 2. The summed E-state index contributed by atoms with van der Waals surface area (Å²) >= 11 is 0. The molecule has 2 N–H and O–H groups in total. The van der Waals surface area contributed by atoms with E-state index in [4.69, 9.17) is 4.52 Å². The molecule has 29 heavy (non-hydrogen) atoms. The number of piperidine rings is 1. The summed E-state index contributed by atoms with van der Waals surface area (Å²) in [5.41, 5.74) is 1.94. The number of halogens is 1. The molecule has 0 saturated carbocycles. The van der Waals surface area contributed by atoms with Gasteiger partial charge in [-0.1, -0.05) is 17.3 Å². The molecule has 158 valence electrons. The maximum atomic E-state index is 12.7. The van der Waals surface area contributed by atoms with Crippen LogP contribution in [-0.2, 0) is 0 Å². The molecular formula is C20H29ClN6O2. The highest BCUT2D eigenvalue weighted by molar-refractivity contribution is 5.89. The third-order valence-electron chi connectivity index (χ3n) is 5.59. The van der Waals surface area contributed by atoms with E-state index in [1.807, 2.05) is 36.1 Å². The van der Waals surface area contributed by atoms with Crippen molar-refractivity contribution in [2.75, 3.05) is 45.1 Å². The molecule has 1 aromatic carbocycles. The summed E-state index contributed by atoms with van der Waals surface area (Å²) in [5, 5.41) is 10.6. The third-order valence-corrected chi connectivity index (χ3v) is 5.59. The topological polar surface area (TPSA) is 86.5 Å². The Morgan fingerprint density at radius 2 is 2.21 bits per heavy atom. The minimum absolute atomic E-state index is 0. The first-order valence-corrected chi connectivity index (χ1v) is 9.97. The van der Waals surface area contributed by atoms with Gasteiger partial charge >= 0.3 is 6.03 Å². The Morgan fingerprint density at radius 3 is 3.00 bits per heavy atom. The van der Waals surface area contributed by atoms with E-state index in [0.29, 0.717) is 12.4 Å². The molecule has 0 bridgehead atoms. The number of likely N-dealkylation sites (N-methyl/N-ethyl adjacent to an activating group) is 1. The molecule has 2 saturated heterocycles. The Labute approximate surface area is 177 Å². The SMILES string of the molecule is Cc1cccc(NC(=O)N2CCCC(c3nc(C4CNCCN4C)no3)C2)c1.Cl. The first-order valence-electron chi connectivity index (χ1n) is 9.97. The van der Waals surface area contributed by atoms with E-state index in [1.54, 1.807) is 0 Å². The lowest BCUT2D eigenvalue weighted by Crippen LogP contribution is -2.44. The number of carbonyl (C=O) groups is 1. The van der Waals surface area contributed by atoms with Crippen molar-refractivity contribution >= 4 is 24.1 Å². The number of nitrogens with one attached hydrogen (secondary N) is 2. The largest absolute Gasteiger partial charge is 0.339 e. The van der Waals surface area contributed by atoms with Gasteiger partial charge in [0.05, 0.1) is 12.0 Å². The van der Waals surface area contributed by atoms with E-state index in [1.165, 1.54) is 0 Å². The Balaban J connectivity index is 0.00000240. The second-order valence-electron chi connectivity index (χ2n) is 7.78. The van der Waals surface area contributed by atoms with Gasteiger partial charge in [-0.25, -0.2) is 4.79 Å². The third kappa shape index (κ3) is 5.07. The van der Waals surface area contributed by atoms with Crippen molar-refractivity contribution in [3.05, 3.63) is 41.5 Å². The minimum atomic E-state index is -0.0775. The van der Waals surface area contributed by atoms with Gasteiger partial charge in [-0.2, -0.15) is 4.98 Å². The number of likely N-dealkylation sites (tertiary alicyclic amines) is 1. The number of anilines is 1. The number of urea groups is 1. The fourth-order valence-electron chi connectivity index (χ4n) is 3.93. The summed E-state index contributed by atoms with van der Waals surface area (Å²) in [6, 6.07) is 7.89. The zero-order chi connectivity index (χ0) is 19.5. The van der Waals surface area contributed by atoms with Crippen LogP contribution in [0, 0.1) is 6.92 Å². The molecule has 2 amide bonds.